The average molecular weight is 224 g/mol. The Kier molecular flexibility index (Phi) is 2.14. The van der Waals surface area contributed by atoms with Gasteiger partial charge in [0.25, 0.3) is 0 Å². The highest BCUT2D eigenvalue weighted by Crippen LogP contribution is 2.20. The maximum absolute atomic E-state index is 4.53. The van der Waals surface area contributed by atoms with Gasteiger partial charge in [-0.3, -0.25) is 9.55 Å². The first kappa shape index (κ1) is 9.96. The van der Waals surface area contributed by atoms with Gasteiger partial charge in [-0.25, -0.2) is 9.97 Å². The van der Waals surface area contributed by atoms with Crippen molar-refractivity contribution in [3.8, 4) is 5.82 Å². The van der Waals surface area contributed by atoms with E-state index in [1.807, 2.05) is 42.7 Å². The lowest BCUT2D eigenvalue weighted by Gasteiger charge is -2.07. The molecule has 2 heterocycles. The van der Waals surface area contributed by atoms with Gasteiger partial charge in [-0.15, -0.1) is 0 Å². The number of hydrogen-bond donors (Lipinski definition) is 0. The summed E-state index contributed by atoms with van der Waals surface area (Å²) in [6.45, 7) is 3.94. The molecular weight excluding hydrogens is 212 g/mol. The van der Waals surface area contributed by atoms with Crippen molar-refractivity contribution in [2.24, 2.45) is 0 Å². The topological polar surface area (TPSA) is 43.6 Å². The van der Waals surface area contributed by atoms with Gasteiger partial charge in [-0.05, 0) is 26.0 Å². The van der Waals surface area contributed by atoms with Crippen molar-refractivity contribution in [2.45, 2.75) is 13.8 Å². The van der Waals surface area contributed by atoms with Crippen LogP contribution in [0.5, 0.6) is 0 Å². The average Bonchev–Trinajstić information content (AvgIpc) is 2.66. The third-order valence-corrected chi connectivity index (χ3v) is 2.80. The molecule has 0 N–H and O–H groups in total. The number of imidazole rings is 1. The van der Waals surface area contributed by atoms with Crippen LogP contribution < -0.4 is 0 Å². The summed E-state index contributed by atoms with van der Waals surface area (Å²) in [6, 6.07) is 8.04. The van der Waals surface area contributed by atoms with Gasteiger partial charge < -0.3 is 0 Å². The van der Waals surface area contributed by atoms with Crippen molar-refractivity contribution in [3.63, 3.8) is 0 Å². The highest BCUT2D eigenvalue weighted by molar-refractivity contribution is 5.77. The van der Waals surface area contributed by atoms with E-state index in [0.29, 0.717) is 0 Å². The largest absolute Gasteiger partial charge is 0.279 e. The summed E-state index contributed by atoms with van der Waals surface area (Å²) in [4.78, 5) is 13.2. The molecule has 0 bridgehead atoms. The van der Waals surface area contributed by atoms with Crippen molar-refractivity contribution < 1.29 is 0 Å². The quantitative estimate of drug-likeness (QED) is 0.637. The normalized spacial score (nSPS) is 10.9. The van der Waals surface area contributed by atoms with Crippen molar-refractivity contribution >= 4 is 11.0 Å². The van der Waals surface area contributed by atoms with Crippen molar-refractivity contribution in [1.29, 1.82) is 0 Å². The molecule has 0 aliphatic rings. The van der Waals surface area contributed by atoms with Gasteiger partial charge in [0.05, 0.1) is 16.7 Å². The summed E-state index contributed by atoms with van der Waals surface area (Å²) in [7, 11) is 0. The van der Waals surface area contributed by atoms with Crippen LogP contribution in [0.15, 0.2) is 36.7 Å². The Bertz CT molecular complexity index is 685. The standard InChI is InChI=1S/C13H12N4/c1-9-13(15-8-7-14-9)17-10(2)16-11-5-3-4-6-12(11)17/h3-8H,1-2H3. The number of rotatable bonds is 1. The Morgan fingerprint density at radius 2 is 1.76 bits per heavy atom. The highest BCUT2D eigenvalue weighted by Gasteiger charge is 2.11. The van der Waals surface area contributed by atoms with E-state index in [4.69, 9.17) is 0 Å². The number of nitrogens with zero attached hydrogens (tertiary/aromatic N) is 4. The minimum absolute atomic E-state index is 0.846. The minimum Gasteiger partial charge on any atom is -0.279 e. The summed E-state index contributed by atoms with van der Waals surface area (Å²) in [5, 5.41) is 0. The number of fused-ring (bicyclic) bond motifs is 1. The van der Waals surface area contributed by atoms with E-state index in [9.17, 15) is 0 Å². The highest BCUT2D eigenvalue weighted by atomic mass is 15.1. The zero-order valence-corrected chi connectivity index (χ0v) is 9.75. The SMILES string of the molecule is Cc1nccnc1-n1c(C)nc2ccccc21. The summed E-state index contributed by atoms with van der Waals surface area (Å²) < 4.78 is 2.04. The minimum atomic E-state index is 0.846. The maximum Gasteiger partial charge on any atom is 0.160 e. The zero-order valence-electron chi connectivity index (χ0n) is 9.75. The van der Waals surface area contributed by atoms with Crippen molar-refractivity contribution in [2.75, 3.05) is 0 Å². The molecule has 3 aromatic rings. The lowest BCUT2D eigenvalue weighted by molar-refractivity contribution is 0.918. The molecule has 0 unspecified atom stereocenters. The first-order chi connectivity index (χ1) is 8.27. The molecule has 3 rings (SSSR count). The molecule has 17 heavy (non-hydrogen) atoms. The fraction of sp³-hybridized carbons (Fsp3) is 0.154. The predicted molar refractivity (Wildman–Crippen MR) is 66.1 cm³/mol. The van der Waals surface area contributed by atoms with Crippen LogP contribution in [0, 0.1) is 13.8 Å². The van der Waals surface area contributed by atoms with E-state index < -0.39 is 0 Å². The number of aryl methyl sites for hydroxylation is 2. The van der Waals surface area contributed by atoms with Gasteiger partial charge in [0.15, 0.2) is 5.82 Å². The molecule has 0 saturated heterocycles. The molecule has 0 fully saturated rings. The van der Waals surface area contributed by atoms with E-state index in [2.05, 4.69) is 15.0 Å². The van der Waals surface area contributed by atoms with Gasteiger partial charge in [0.2, 0.25) is 0 Å². The molecule has 0 aliphatic carbocycles. The van der Waals surface area contributed by atoms with Crippen LogP contribution in [0.25, 0.3) is 16.9 Å². The lowest BCUT2D eigenvalue weighted by atomic mass is 10.3. The Balaban J connectivity index is 2.38. The second kappa shape index (κ2) is 3.66. The summed E-state index contributed by atoms with van der Waals surface area (Å²) in [6.07, 6.45) is 3.41. The van der Waals surface area contributed by atoms with E-state index >= 15 is 0 Å². The summed E-state index contributed by atoms with van der Waals surface area (Å²) >= 11 is 0. The van der Waals surface area contributed by atoms with Gasteiger partial charge in [0.1, 0.15) is 5.82 Å². The Hall–Kier alpha value is -2.23. The van der Waals surface area contributed by atoms with Gasteiger partial charge >= 0.3 is 0 Å². The van der Waals surface area contributed by atoms with E-state index in [-0.39, 0.29) is 0 Å². The maximum atomic E-state index is 4.53. The molecule has 0 saturated carbocycles. The van der Waals surface area contributed by atoms with E-state index in [1.54, 1.807) is 12.4 Å². The van der Waals surface area contributed by atoms with Crippen LogP contribution >= 0.6 is 0 Å². The molecule has 4 heteroatoms. The molecule has 84 valence electrons. The monoisotopic (exact) mass is 224 g/mol. The van der Waals surface area contributed by atoms with Gasteiger partial charge in [-0.2, -0.15) is 0 Å². The fourth-order valence-corrected chi connectivity index (χ4v) is 2.03. The molecule has 0 spiro atoms. The van der Waals surface area contributed by atoms with E-state index in [1.165, 1.54) is 0 Å². The molecular formula is C13H12N4. The molecule has 2 aromatic heterocycles. The Morgan fingerprint density at radius 3 is 2.59 bits per heavy atom. The third kappa shape index (κ3) is 1.49. The molecule has 4 nitrogen and oxygen atoms in total. The molecule has 0 atom stereocenters. The third-order valence-electron chi connectivity index (χ3n) is 2.80. The van der Waals surface area contributed by atoms with Crippen LogP contribution in [0.4, 0.5) is 0 Å². The second-order valence-corrected chi connectivity index (χ2v) is 3.95. The summed E-state index contributed by atoms with van der Waals surface area (Å²) in [5.74, 6) is 1.77. The zero-order chi connectivity index (χ0) is 11.8. The number of benzene rings is 1. The lowest BCUT2D eigenvalue weighted by Crippen LogP contribution is -2.03. The summed E-state index contributed by atoms with van der Waals surface area (Å²) in [5.41, 5.74) is 2.95. The van der Waals surface area contributed by atoms with Crippen molar-refractivity contribution in [1.82, 2.24) is 19.5 Å². The molecule has 1 aromatic carbocycles. The first-order valence-electron chi connectivity index (χ1n) is 5.49. The Labute approximate surface area is 99.0 Å². The van der Waals surface area contributed by atoms with Crippen LogP contribution in [0.3, 0.4) is 0 Å². The number of para-hydroxylation sites is 2. The van der Waals surface area contributed by atoms with Gasteiger partial charge in [-0.1, -0.05) is 12.1 Å². The Morgan fingerprint density at radius 1 is 1.00 bits per heavy atom. The molecule has 0 radical (unpaired) electrons. The first-order valence-corrected chi connectivity index (χ1v) is 5.49. The molecule has 0 amide bonds. The second-order valence-electron chi connectivity index (χ2n) is 3.95. The van der Waals surface area contributed by atoms with Crippen molar-refractivity contribution in [3.05, 3.63) is 48.2 Å². The van der Waals surface area contributed by atoms with Crippen LogP contribution in [-0.2, 0) is 0 Å². The smallest absolute Gasteiger partial charge is 0.160 e. The number of hydrogen-bond acceptors (Lipinski definition) is 3. The fourth-order valence-electron chi connectivity index (χ4n) is 2.03. The van der Waals surface area contributed by atoms with Gasteiger partial charge in [0, 0.05) is 12.4 Å². The van der Waals surface area contributed by atoms with Crippen LogP contribution in [0.1, 0.15) is 11.5 Å². The predicted octanol–water partition coefficient (Wildman–Crippen LogP) is 2.43. The number of aromatic nitrogens is 4. The molecule has 0 aliphatic heterocycles. The van der Waals surface area contributed by atoms with Crippen LogP contribution in [-0.4, -0.2) is 19.5 Å². The van der Waals surface area contributed by atoms with Crippen LogP contribution in [0.2, 0.25) is 0 Å². The van der Waals surface area contributed by atoms with E-state index in [0.717, 1.165) is 28.4 Å².